The van der Waals surface area contributed by atoms with Crippen LogP contribution in [0.1, 0.15) is 36.1 Å². The fourth-order valence-corrected chi connectivity index (χ4v) is 2.51. The summed E-state index contributed by atoms with van der Waals surface area (Å²) in [5, 5.41) is 0. The van der Waals surface area contributed by atoms with Crippen LogP contribution in [0, 0.1) is 25.7 Å². The minimum Gasteiger partial charge on any atom is -0.0683 e. The molecule has 3 rings (SSSR count). The molecule has 0 heterocycles. The molecule has 24 heavy (non-hydrogen) atoms. The van der Waals surface area contributed by atoms with Crippen LogP contribution >= 0.6 is 0 Å². The summed E-state index contributed by atoms with van der Waals surface area (Å²) in [6, 6.07) is 25.0. The first-order chi connectivity index (χ1) is 11.7. The largest absolute Gasteiger partial charge is 0.0683 e. The molecule has 0 aliphatic carbocycles. The van der Waals surface area contributed by atoms with Gasteiger partial charge in [0.15, 0.2) is 0 Å². The maximum absolute atomic E-state index is 3.32. The van der Waals surface area contributed by atoms with Crippen LogP contribution in [0.25, 0.3) is 11.1 Å². The van der Waals surface area contributed by atoms with Crippen molar-refractivity contribution in [1.29, 1.82) is 0 Å². The van der Waals surface area contributed by atoms with E-state index in [9.17, 15) is 0 Å². The minimum absolute atomic E-state index is 1.04. The molecule has 0 radical (unpaired) electrons. The fraction of sp³-hybridized carbons (Fsp3) is 0.167. The quantitative estimate of drug-likeness (QED) is 0.456. The molecular formula is C24H24. The van der Waals surface area contributed by atoms with Crippen LogP contribution in [0.15, 0.2) is 72.8 Å². The zero-order chi connectivity index (χ0) is 17.4. The van der Waals surface area contributed by atoms with E-state index >= 15 is 0 Å². The lowest BCUT2D eigenvalue weighted by Crippen LogP contribution is -1.89. The highest BCUT2D eigenvalue weighted by Crippen LogP contribution is 2.27. The third-order valence-electron chi connectivity index (χ3n) is 3.73. The lowest BCUT2D eigenvalue weighted by Gasteiger charge is -2.09. The summed E-state index contributed by atoms with van der Waals surface area (Å²) in [5.74, 6) is 6.58. The maximum Gasteiger partial charge on any atom is 0.0327 e. The Labute approximate surface area is 146 Å². The third kappa shape index (κ3) is 4.37. The number of rotatable bonds is 1. The molecule has 3 aromatic carbocycles. The molecule has 0 aliphatic rings. The zero-order valence-electron chi connectivity index (χ0n) is 14.9. The van der Waals surface area contributed by atoms with E-state index in [2.05, 4.69) is 62.1 Å². The van der Waals surface area contributed by atoms with Gasteiger partial charge in [0.1, 0.15) is 0 Å². The Balaban J connectivity index is 0.00000100. The topological polar surface area (TPSA) is 0 Å². The molecule has 0 N–H and O–H groups in total. The summed E-state index contributed by atoms with van der Waals surface area (Å²) >= 11 is 0. The highest BCUT2D eigenvalue weighted by molar-refractivity contribution is 5.74. The van der Waals surface area contributed by atoms with Crippen LogP contribution in [0.4, 0.5) is 0 Å². The van der Waals surface area contributed by atoms with Gasteiger partial charge < -0.3 is 0 Å². The molecule has 0 aliphatic heterocycles. The number of hydrogen-bond acceptors (Lipinski definition) is 0. The van der Waals surface area contributed by atoms with Crippen molar-refractivity contribution < 1.29 is 0 Å². The van der Waals surface area contributed by atoms with Crippen LogP contribution in [0.2, 0.25) is 0 Å². The van der Waals surface area contributed by atoms with Crippen LogP contribution < -0.4 is 0 Å². The Kier molecular flexibility index (Phi) is 6.41. The Morgan fingerprint density at radius 1 is 0.625 bits per heavy atom. The van der Waals surface area contributed by atoms with Crippen molar-refractivity contribution in [1.82, 2.24) is 0 Å². The first kappa shape index (κ1) is 17.6. The minimum atomic E-state index is 1.04. The van der Waals surface area contributed by atoms with Crippen molar-refractivity contribution in [2.45, 2.75) is 27.7 Å². The molecule has 0 nitrogen and oxygen atoms in total. The summed E-state index contributed by atoms with van der Waals surface area (Å²) in [7, 11) is 0. The molecule has 0 spiro atoms. The Bertz CT molecular complexity index is 846. The third-order valence-corrected chi connectivity index (χ3v) is 3.73. The van der Waals surface area contributed by atoms with Gasteiger partial charge in [-0.15, -0.1) is 0 Å². The first-order valence-corrected chi connectivity index (χ1v) is 8.48. The van der Waals surface area contributed by atoms with Crippen molar-refractivity contribution in [2.24, 2.45) is 0 Å². The average molecular weight is 312 g/mol. The Morgan fingerprint density at radius 3 is 2.04 bits per heavy atom. The van der Waals surface area contributed by atoms with E-state index in [-0.39, 0.29) is 0 Å². The van der Waals surface area contributed by atoms with E-state index in [4.69, 9.17) is 0 Å². The van der Waals surface area contributed by atoms with Gasteiger partial charge in [0, 0.05) is 11.1 Å². The molecule has 0 atom stereocenters. The number of hydrogen-bond donors (Lipinski definition) is 0. The van der Waals surface area contributed by atoms with Crippen molar-refractivity contribution >= 4 is 0 Å². The van der Waals surface area contributed by atoms with Crippen molar-refractivity contribution in [3.8, 4) is 23.0 Å². The lowest BCUT2D eigenvalue weighted by molar-refractivity contribution is 1.39. The molecule has 0 heteroatoms. The van der Waals surface area contributed by atoms with Crippen LogP contribution in [-0.2, 0) is 0 Å². The van der Waals surface area contributed by atoms with Gasteiger partial charge in [-0.2, -0.15) is 0 Å². The standard InChI is InChI=1S/C22H18.C2H6/c1-17-12-13-18(2)22(16-17)21-11-7-6-10-20(21)15-14-19-8-4-3-5-9-19;1-2/h3-13,16H,1-2H3;1-2H3. The summed E-state index contributed by atoms with van der Waals surface area (Å²) in [4.78, 5) is 0. The van der Waals surface area contributed by atoms with Gasteiger partial charge in [0.05, 0.1) is 0 Å². The Morgan fingerprint density at radius 2 is 1.29 bits per heavy atom. The molecule has 0 aromatic heterocycles. The predicted molar refractivity (Wildman–Crippen MR) is 105 cm³/mol. The van der Waals surface area contributed by atoms with Crippen molar-refractivity contribution in [3.05, 3.63) is 95.1 Å². The van der Waals surface area contributed by atoms with Crippen molar-refractivity contribution in [2.75, 3.05) is 0 Å². The highest BCUT2D eigenvalue weighted by atomic mass is 14.1. The zero-order valence-corrected chi connectivity index (χ0v) is 14.9. The van der Waals surface area contributed by atoms with E-state index in [1.54, 1.807) is 0 Å². The molecule has 120 valence electrons. The fourth-order valence-electron chi connectivity index (χ4n) is 2.51. The van der Waals surface area contributed by atoms with Gasteiger partial charge in [0.25, 0.3) is 0 Å². The molecule has 0 fully saturated rings. The van der Waals surface area contributed by atoms with Gasteiger partial charge in [-0.05, 0) is 48.7 Å². The first-order valence-electron chi connectivity index (χ1n) is 8.48. The molecule has 0 bridgehead atoms. The van der Waals surface area contributed by atoms with E-state index in [0.717, 1.165) is 11.1 Å². The lowest BCUT2D eigenvalue weighted by atomic mass is 9.94. The van der Waals surface area contributed by atoms with E-state index < -0.39 is 0 Å². The van der Waals surface area contributed by atoms with E-state index in [1.165, 1.54) is 22.3 Å². The second-order valence-corrected chi connectivity index (χ2v) is 5.48. The summed E-state index contributed by atoms with van der Waals surface area (Å²) in [5.41, 5.74) is 7.12. The molecule has 3 aromatic rings. The SMILES string of the molecule is CC.Cc1ccc(C)c(-c2ccccc2C#Cc2ccccc2)c1. The summed E-state index contributed by atoms with van der Waals surface area (Å²) in [6.07, 6.45) is 0. The monoisotopic (exact) mass is 312 g/mol. The van der Waals surface area contributed by atoms with Gasteiger partial charge in [-0.3, -0.25) is 0 Å². The van der Waals surface area contributed by atoms with Gasteiger partial charge in [0.2, 0.25) is 0 Å². The van der Waals surface area contributed by atoms with E-state index in [0.29, 0.717) is 0 Å². The molecule has 0 amide bonds. The van der Waals surface area contributed by atoms with Gasteiger partial charge in [-0.25, -0.2) is 0 Å². The van der Waals surface area contributed by atoms with Gasteiger partial charge >= 0.3 is 0 Å². The van der Waals surface area contributed by atoms with E-state index in [1.807, 2.05) is 50.2 Å². The molecule has 0 saturated carbocycles. The molecular weight excluding hydrogens is 288 g/mol. The maximum atomic E-state index is 3.32. The second-order valence-electron chi connectivity index (χ2n) is 5.48. The summed E-state index contributed by atoms with van der Waals surface area (Å²) < 4.78 is 0. The van der Waals surface area contributed by atoms with Crippen LogP contribution in [-0.4, -0.2) is 0 Å². The number of aryl methyl sites for hydroxylation is 2. The number of benzene rings is 3. The van der Waals surface area contributed by atoms with Gasteiger partial charge in [-0.1, -0.05) is 85.8 Å². The highest BCUT2D eigenvalue weighted by Gasteiger charge is 2.06. The smallest absolute Gasteiger partial charge is 0.0327 e. The van der Waals surface area contributed by atoms with Crippen LogP contribution in [0.3, 0.4) is 0 Å². The molecule has 0 unspecified atom stereocenters. The average Bonchev–Trinajstić information content (AvgIpc) is 2.65. The normalized spacial score (nSPS) is 9.33. The summed E-state index contributed by atoms with van der Waals surface area (Å²) in [6.45, 7) is 8.28. The second kappa shape index (κ2) is 8.75. The van der Waals surface area contributed by atoms with Crippen LogP contribution in [0.5, 0.6) is 0 Å². The Hall–Kier alpha value is -2.78. The predicted octanol–water partition coefficient (Wildman–Crippen LogP) is 6.40. The molecule has 0 saturated heterocycles. The van der Waals surface area contributed by atoms with Crippen molar-refractivity contribution in [3.63, 3.8) is 0 Å².